The number of halogens is 1. The van der Waals surface area contributed by atoms with Crippen LogP contribution in [-0.4, -0.2) is 37.9 Å². The van der Waals surface area contributed by atoms with Gasteiger partial charge in [0.05, 0.1) is 0 Å². The molecule has 0 saturated carbocycles. The summed E-state index contributed by atoms with van der Waals surface area (Å²) in [5, 5.41) is 7.03. The second-order valence-corrected chi connectivity index (χ2v) is 17.5. The van der Waals surface area contributed by atoms with Crippen molar-refractivity contribution in [3.8, 4) is 0 Å². The first-order chi connectivity index (χ1) is 3.31. The van der Waals surface area contributed by atoms with Crippen molar-refractivity contribution in [3.05, 3.63) is 0 Å². The number of rotatable bonds is 2. The van der Waals surface area contributed by atoms with Crippen LogP contribution in [0.25, 0.3) is 0 Å². The van der Waals surface area contributed by atoms with E-state index < -0.39 is 5.31 Å². The summed E-state index contributed by atoms with van der Waals surface area (Å²) < 4.78 is 0. The summed E-state index contributed by atoms with van der Waals surface area (Å²) in [6.45, 7) is 6.85. The van der Waals surface area contributed by atoms with Gasteiger partial charge in [-0.3, -0.25) is 0 Å². The molecule has 0 aliphatic heterocycles. The second kappa shape index (κ2) is 2.24. The van der Waals surface area contributed by atoms with Gasteiger partial charge in [0.15, 0.2) is 0 Å². The monoisotopic (exact) mass is 200 g/mol. The third kappa shape index (κ3) is 6.87. The predicted octanol–water partition coefficient (Wildman–Crippen LogP) is 1.73. The van der Waals surface area contributed by atoms with Gasteiger partial charge in [-0.2, -0.15) is 0 Å². The van der Waals surface area contributed by atoms with Crippen LogP contribution < -0.4 is 0 Å². The van der Waals surface area contributed by atoms with Gasteiger partial charge < -0.3 is 0 Å². The number of aliphatic hydroxyl groups excluding tert-OH is 1. The Morgan fingerprint density at radius 3 is 1.75 bits per heavy atom. The third-order valence-corrected chi connectivity index (χ3v) is 3.63. The first-order valence-electron chi connectivity index (χ1n) is 2.64. The SMILES string of the molecule is CP(C)(C)(Br)CCO. The topological polar surface area (TPSA) is 20.2 Å². The average Bonchev–Trinajstić information content (AvgIpc) is 1.25. The molecule has 0 heterocycles. The molecule has 0 atom stereocenters. The molecule has 0 fully saturated rings. The van der Waals surface area contributed by atoms with Crippen molar-refractivity contribution in [1.82, 2.24) is 0 Å². The summed E-state index contributed by atoms with van der Waals surface area (Å²) in [7, 11) is 0. The Balaban J connectivity index is 3.73. The fourth-order valence-electron chi connectivity index (χ4n) is 0.338. The Bertz CT molecular complexity index is 74.9. The van der Waals surface area contributed by atoms with E-state index in [0.29, 0.717) is 6.61 Å². The van der Waals surface area contributed by atoms with Gasteiger partial charge in [0.25, 0.3) is 0 Å². The molecule has 0 saturated heterocycles. The quantitative estimate of drug-likeness (QED) is 0.674. The molecule has 0 bridgehead atoms. The maximum atomic E-state index is 8.57. The Hall–Kier alpha value is 0.870. The molecular weight excluding hydrogens is 187 g/mol. The van der Waals surface area contributed by atoms with Crippen molar-refractivity contribution < 1.29 is 5.11 Å². The van der Waals surface area contributed by atoms with Gasteiger partial charge in [-0.05, 0) is 0 Å². The van der Waals surface area contributed by atoms with Crippen molar-refractivity contribution in [2.75, 3.05) is 32.8 Å². The maximum absolute atomic E-state index is 8.57. The van der Waals surface area contributed by atoms with Crippen molar-refractivity contribution in [2.24, 2.45) is 0 Å². The number of hydrogen-bond donors (Lipinski definition) is 1. The zero-order valence-electron chi connectivity index (χ0n) is 5.69. The molecule has 0 aliphatic carbocycles. The number of aliphatic hydroxyl groups is 1. The van der Waals surface area contributed by atoms with Crippen LogP contribution in [0.15, 0.2) is 0 Å². The Kier molecular flexibility index (Phi) is 2.49. The summed E-state index contributed by atoms with van der Waals surface area (Å²) in [6, 6.07) is 0. The molecule has 0 radical (unpaired) electrons. The molecular formula is C5H14BrOP. The standard InChI is InChI=1S/C5H14BrOP/c1-8(2,3,6)5-4-7/h7H,4-5H2,1-3H3. The summed E-state index contributed by atoms with van der Waals surface area (Å²) >= 11 is 3.61. The van der Waals surface area contributed by atoms with Crippen molar-refractivity contribution in [1.29, 1.82) is 0 Å². The molecule has 0 amide bonds. The third-order valence-electron chi connectivity index (χ3n) is 0.855. The molecule has 3 heteroatoms. The summed E-state index contributed by atoms with van der Waals surface area (Å²) in [6.07, 6.45) is 0.908. The first kappa shape index (κ1) is 8.87. The minimum atomic E-state index is -1.54. The van der Waals surface area contributed by atoms with Gasteiger partial charge >= 0.3 is 58.7 Å². The van der Waals surface area contributed by atoms with Crippen molar-refractivity contribution in [2.45, 2.75) is 0 Å². The van der Waals surface area contributed by atoms with E-state index in [4.69, 9.17) is 5.11 Å². The second-order valence-electron chi connectivity index (χ2n) is 3.36. The zero-order chi connectivity index (χ0) is 6.86. The van der Waals surface area contributed by atoms with Crippen LogP contribution >= 0.6 is 20.8 Å². The predicted molar refractivity (Wildman–Crippen MR) is 45.6 cm³/mol. The van der Waals surface area contributed by atoms with Crippen LogP contribution in [0, 0.1) is 0 Å². The van der Waals surface area contributed by atoms with Gasteiger partial charge in [0, 0.05) is 0 Å². The molecule has 52 valence electrons. The normalized spacial score (nSPS) is 17.4. The zero-order valence-corrected chi connectivity index (χ0v) is 8.17. The Labute approximate surface area is 59.1 Å². The van der Waals surface area contributed by atoms with Crippen LogP contribution in [-0.2, 0) is 0 Å². The van der Waals surface area contributed by atoms with Crippen LogP contribution in [0.3, 0.4) is 0 Å². The van der Waals surface area contributed by atoms with E-state index in [-0.39, 0.29) is 0 Å². The van der Waals surface area contributed by atoms with E-state index in [0.717, 1.165) is 6.16 Å². The van der Waals surface area contributed by atoms with Crippen molar-refractivity contribution >= 4 is 20.8 Å². The van der Waals surface area contributed by atoms with E-state index in [1.54, 1.807) is 0 Å². The fourth-order valence-corrected chi connectivity index (χ4v) is 1.49. The molecule has 1 nitrogen and oxygen atoms in total. The van der Waals surface area contributed by atoms with E-state index >= 15 is 0 Å². The van der Waals surface area contributed by atoms with E-state index in [2.05, 4.69) is 35.5 Å². The van der Waals surface area contributed by atoms with E-state index in [1.165, 1.54) is 0 Å². The molecule has 0 aromatic heterocycles. The summed E-state index contributed by atoms with van der Waals surface area (Å²) in [5.74, 6) is 0. The first-order valence-corrected chi connectivity index (χ1v) is 8.42. The average molecular weight is 201 g/mol. The van der Waals surface area contributed by atoms with E-state index in [9.17, 15) is 0 Å². The molecule has 0 aromatic rings. The molecule has 0 rings (SSSR count). The number of hydrogen-bond acceptors (Lipinski definition) is 1. The van der Waals surface area contributed by atoms with Gasteiger partial charge in [-0.1, -0.05) is 0 Å². The van der Waals surface area contributed by atoms with Gasteiger partial charge in [-0.15, -0.1) is 0 Å². The van der Waals surface area contributed by atoms with Gasteiger partial charge in [0.1, 0.15) is 0 Å². The Morgan fingerprint density at radius 2 is 1.75 bits per heavy atom. The van der Waals surface area contributed by atoms with Crippen LogP contribution in [0.2, 0.25) is 0 Å². The molecule has 0 unspecified atom stereocenters. The molecule has 0 aromatic carbocycles. The Morgan fingerprint density at radius 1 is 1.38 bits per heavy atom. The summed E-state index contributed by atoms with van der Waals surface area (Å²) in [5.41, 5.74) is 0. The van der Waals surface area contributed by atoms with Crippen molar-refractivity contribution in [3.63, 3.8) is 0 Å². The van der Waals surface area contributed by atoms with Crippen LogP contribution in [0.5, 0.6) is 0 Å². The van der Waals surface area contributed by atoms with Crippen LogP contribution in [0.1, 0.15) is 0 Å². The molecule has 0 aliphatic rings. The minimum absolute atomic E-state index is 0.298. The fraction of sp³-hybridized carbons (Fsp3) is 1.00. The van der Waals surface area contributed by atoms with Gasteiger partial charge in [-0.25, -0.2) is 0 Å². The molecule has 8 heavy (non-hydrogen) atoms. The summed E-state index contributed by atoms with van der Waals surface area (Å²) in [4.78, 5) is 0. The van der Waals surface area contributed by atoms with E-state index in [1.807, 2.05) is 0 Å². The molecule has 0 spiro atoms. The molecule has 1 N–H and O–H groups in total. The van der Waals surface area contributed by atoms with Gasteiger partial charge in [0.2, 0.25) is 0 Å². The van der Waals surface area contributed by atoms with Crippen LogP contribution in [0.4, 0.5) is 0 Å².